The molecule has 0 radical (unpaired) electrons. The van der Waals surface area contributed by atoms with Crippen molar-refractivity contribution in [1.82, 2.24) is 4.90 Å². The number of allylic oxidation sites excluding steroid dienone is 2. The highest BCUT2D eigenvalue weighted by Gasteiger charge is 2.42. The average Bonchev–Trinajstić information content (AvgIpc) is 3.39. The highest BCUT2D eigenvalue weighted by atomic mass is 16.2. The van der Waals surface area contributed by atoms with Crippen LogP contribution in [-0.2, 0) is 4.79 Å². The molecule has 0 aromatic rings. The SMILES string of the molecule is CCCCC/C=C\CCC1CC1CN(CC1CC1)C(=O)C1CC1. The van der Waals surface area contributed by atoms with Crippen LogP contribution in [-0.4, -0.2) is 23.9 Å². The summed E-state index contributed by atoms with van der Waals surface area (Å²) in [5.41, 5.74) is 0. The summed E-state index contributed by atoms with van der Waals surface area (Å²) in [6.45, 7) is 4.39. The molecule has 3 rings (SSSR count). The topological polar surface area (TPSA) is 20.3 Å². The Hall–Kier alpha value is -0.790. The normalized spacial score (nSPS) is 26.7. The van der Waals surface area contributed by atoms with E-state index in [0.29, 0.717) is 11.8 Å². The Bertz CT molecular complexity index is 408. The lowest BCUT2D eigenvalue weighted by Gasteiger charge is -2.23. The van der Waals surface area contributed by atoms with Crippen LogP contribution in [0.3, 0.4) is 0 Å². The van der Waals surface area contributed by atoms with E-state index in [1.807, 2.05) is 0 Å². The summed E-state index contributed by atoms with van der Waals surface area (Å²) in [6.07, 6.45) is 19.0. The van der Waals surface area contributed by atoms with Gasteiger partial charge in [0.15, 0.2) is 0 Å². The minimum Gasteiger partial charge on any atom is -0.342 e. The highest BCUT2D eigenvalue weighted by Crippen LogP contribution is 2.44. The minimum absolute atomic E-state index is 0.400. The molecule has 1 amide bonds. The summed E-state index contributed by atoms with van der Waals surface area (Å²) in [5.74, 6) is 3.42. The third-order valence-electron chi connectivity index (χ3n) is 5.78. The molecule has 0 bridgehead atoms. The van der Waals surface area contributed by atoms with Gasteiger partial charge < -0.3 is 4.90 Å². The molecule has 0 saturated heterocycles. The van der Waals surface area contributed by atoms with Gasteiger partial charge in [-0.05, 0) is 75.5 Å². The van der Waals surface area contributed by atoms with E-state index in [4.69, 9.17) is 0 Å². The Morgan fingerprint density at radius 2 is 1.78 bits per heavy atom. The molecule has 3 aliphatic rings. The third-order valence-corrected chi connectivity index (χ3v) is 5.78. The highest BCUT2D eigenvalue weighted by molar-refractivity contribution is 5.81. The van der Waals surface area contributed by atoms with Crippen LogP contribution in [0.4, 0.5) is 0 Å². The van der Waals surface area contributed by atoms with Crippen molar-refractivity contribution < 1.29 is 4.79 Å². The smallest absolute Gasteiger partial charge is 0.225 e. The van der Waals surface area contributed by atoms with Crippen molar-refractivity contribution in [1.29, 1.82) is 0 Å². The summed E-state index contributed by atoms with van der Waals surface area (Å²) in [4.78, 5) is 14.7. The van der Waals surface area contributed by atoms with Gasteiger partial charge in [-0.15, -0.1) is 0 Å². The molecule has 3 saturated carbocycles. The molecule has 2 atom stereocenters. The molecule has 0 aromatic carbocycles. The van der Waals surface area contributed by atoms with E-state index in [1.54, 1.807) is 0 Å². The first-order valence-electron chi connectivity index (χ1n) is 10.2. The van der Waals surface area contributed by atoms with Gasteiger partial charge in [-0.1, -0.05) is 31.9 Å². The average molecular weight is 318 g/mol. The number of rotatable bonds is 12. The molecule has 3 aliphatic carbocycles. The minimum atomic E-state index is 0.400. The van der Waals surface area contributed by atoms with Crippen LogP contribution in [0.1, 0.15) is 77.6 Å². The second kappa shape index (κ2) is 8.35. The number of carbonyl (C=O) groups is 1. The summed E-state index contributed by atoms with van der Waals surface area (Å²) < 4.78 is 0. The maximum atomic E-state index is 12.4. The van der Waals surface area contributed by atoms with Crippen LogP contribution in [0, 0.1) is 23.7 Å². The fourth-order valence-corrected chi connectivity index (χ4v) is 3.68. The zero-order valence-corrected chi connectivity index (χ0v) is 15.0. The molecule has 0 aromatic heterocycles. The van der Waals surface area contributed by atoms with Gasteiger partial charge in [-0.3, -0.25) is 4.79 Å². The number of hydrogen-bond donors (Lipinski definition) is 0. The zero-order valence-electron chi connectivity index (χ0n) is 15.0. The van der Waals surface area contributed by atoms with Crippen molar-refractivity contribution in [3.63, 3.8) is 0 Å². The second-order valence-corrected chi connectivity index (χ2v) is 8.26. The van der Waals surface area contributed by atoms with Gasteiger partial charge in [0.05, 0.1) is 0 Å². The Labute approximate surface area is 142 Å². The van der Waals surface area contributed by atoms with E-state index in [1.165, 1.54) is 57.8 Å². The van der Waals surface area contributed by atoms with E-state index >= 15 is 0 Å². The molecule has 130 valence electrons. The van der Waals surface area contributed by atoms with Crippen molar-refractivity contribution in [2.24, 2.45) is 23.7 Å². The first-order chi connectivity index (χ1) is 11.3. The van der Waals surface area contributed by atoms with Gasteiger partial charge in [0.25, 0.3) is 0 Å². The van der Waals surface area contributed by atoms with Crippen molar-refractivity contribution in [3.05, 3.63) is 12.2 Å². The van der Waals surface area contributed by atoms with Crippen LogP contribution in [0.25, 0.3) is 0 Å². The Kier molecular flexibility index (Phi) is 6.19. The predicted octanol–water partition coefficient (Wildman–Crippen LogP) is 5.19. The Morgan fingerprint density at radius 1 is 1.00 bits per heavy atom. The second-order valence-electron chi connectivity index (χ2n) is 8.26. The predicted molar refractivity (Wildman–Crippen MR) is 96.1 cm³/mol. The lowest BCUT2D eigenvalue weighted by Crippen LogP contribution is -2.36. The van der Waals surface area contributed by atoms with Crippen LogP contribution in [0.15, 0.2) is 12.2 Å². The first-order valence-corrected chi connectivity index (χ1v) is 10.2. The van der Waals surface area contributed by atoms with Crippen molar-refractivity contribution in [2.45, 2.75) is 77.6 Å². The summed E-state index contributed by atoms with van der Waals surface area (Å²) in [6, 6.07) is 0. The van der Waals surface area contributed by atoms with E-state index in [2.05, 4.69) is 24.0 Å². The van der Waals surface area contributed by atoms with Gasteiger partial charge in [-0.2, -0.15) is 0 Å². The maximum Gasteiger partial charge on any atom is 0.225 e. The van der Waals surface area contributed by atoms with Crippen LogP contribution in [0.5, 0.6) is 0 Å². The quantitative estimate of drug-likeness (QED) is 0.358. The molecule has 0 spiro atoms. The summed E-state index contributed by atoms with van der Waals surface area (Å²) in [7, 11) is 0. The van der Waals surface area contributed by atoms with Gasteiger partial charge in [0.1, 0.15) is 0 Å². The lowest BCUT2D eigenvalue weighted by molar-refractivity contribution is -0.133. The monoisotopic (exact) mass is 317 g/mol. The number of nitrogens with zero attached hydrogens (tertiary/aromatic N) is 1. The number of unbranched alkanes of at least 4 members (excludes halogenated alkanes) is 3. The number of carbonyl (C=O) groups excluding carboxylic acids is 1. The van der Waals surface area contributed by atoms with Gasteiger partial charge in [0, 0.05) is 19.0 Å². The zero-order chi connectivity index (χ0) is 16.1. The molecular formula is C21H35NO. The largest absolute Gasteiger partial charge is 0.342 e. The molecular weight excluding hydrogens is 282 g/mol. The molecule has 3 fully saturated rings. The molecule has 23 heavy (non-hydrogen) atoms. The number of amides is 1. The summed E-state index contributed by atoms with van der Waals surface area (Å²) >= 11 is 0. The Morgan fingerprint density at radius 3 is 2.48 bits per heavy atom. The van der Waals surface area contributed by atoms with Crippen molar-refractivity contribution in [3.8, 4) is 0 Å². The van der Waals surface area contributed by atoms with Crippen molar-refractivity contribution in [2.75, 3.05) is 13.1 Å². The molecule has 0 aliphatic heterocycles. The standard InChI is InChI=1S/C21H35NO/c1-2-3-4-5-6-7-8-9-19-14-20(19)16-22(15-17-10-11-17)21(23)18-12-13-18/h6-7,17-20H,2-5,8-16H2,1H3/b7-6-. The van der Waals surface area contributed by atoms with Gasteiger partial charge in [0.2, 0.25) is 5.91 Å². The summed E-state index contributed by atoms with van der Waals surface area (Å²) in [5, 5.41) is 0. The maximum absolute atomic E-state index is 12.4. The Balaban J connectivity index is 1.30. The van der Waals surface area contributed by atoms with E-state index in [0.717, 1.165) is 43.7 Å². The van der Waals surface area contributed by atoms with E-state index in [9.17, 15) is 4.79 Å². The van der Waals surface area contributed by atoms with Gasteiger partial charge >= 0.3 is 0 Å². The van der Waals surface area contributed by atoms with Crippen LogP contribution < -0.4 is 0 Å². The van der Waals surface area contributed by atoms with Crippen molar-refractivity contribution >= 4 is 5.91 Å². The van der Waals surface area contributed by atoms with Gasteiger partial charge in [-0.25, -0.2) is 0 Å². The van der Waals surface area contributed by atoms with Crippen LogP contribution >= 0.6 is 0 Å². The molecule has 0 heterocycles. The van der Waals surface area contributed by atoms with Crippen LogP contribution in [0.2, 0.25) is 0 Å². The molecule has 2 unspecified atom stereocenters. The van der Waals surface area contributed by atoms with E-state index < -0.39 is 0 Å². The number of hydrogen-bond acceptors (Lipinski definition) is 1. The first kappa shape index (κ1) is 17.0. The molecule has 2 nitrogen and oxygen atoms in total. The lowest BCUT2D eigenvalue weighted by atomic mass is 10.1. The fraction of sp³-hybridized carbons (Fsp3) is 0.857. The molecule has 2 heteroatoms. The molecule has 0 N–H and O–H groups in total. The van der Waals surface area contributed by atoms with E-state index in [-0.39, 0.29) is 0 Å². The fourth-order valence-electron chi connectivity index (χ4n) is 3.68. The third kappa shape index (κ3) is 5.97.